The molecule has 4 amide bonds. The van der Waals surface area contributed by atoms with Crippen molar-refractivity contribution in [2.45, 2.75) is 338 Å². The Balaban J connectivity index is 0.000000284. The van der Waals surface area contributed by atoms with Crippen LogP contribution in [0.1, 0.15) is 288 Å². The molecule has 139 heavy (non-hydrogen) atoms. The number of rotatable bonds is 7. The van der Waals surface area contributed by atoms with E-state index in [1.54, 1.807) is 132 Å². The van der Waals surface area contributed by atoms with Crippen molar-refractivity contribution in [3.8, 4) is 0 Å². The number of benzene rings is 1. The van der Waals surface area contributed by atoms with E-state index in [9.17, 15) is 79.2 Å². The highest BCUT2D eigenvalue weighted by molar-refractivity contribution is 7.18. The number of aliphatic hydroxyl groups is 8. The number of fused-ring (bicyclic) bond motifs is 1. The number of nitrogens with one attached hydrogen (secondary N) is 4. The fourth-order valence-electron chi connectivity index (χ4n) is 18.2. The van der Waals surface area contributed by atoms with Crippen LogP contribution in [0.25, 0.3) is 28.4 Å². The van der Waals surface area contributed by atoms with E-state index in [-0.39, 0.29) is 132 Å². The van der Waals surface area contributed by atoms with E-state index < -0.39 is 94.2 Å². The third kappa shape index (κ3) is 34.4. The number of thiazole rings is 2. The fourth-order valence-corrected chi connectivity index (χ4v) is 19.5. The molecule has 5 aromatic rings. The van der Waals surface area contributed by atoms with Crippen LogP contribution in [0.2, 0.25) is 0 Å². The number of hydrogen-bond donors (Lipinski definition) is 12. The van der Waals surface area contributed by atoms with Crippen molar-refractivity contribution < 1.29 is 88.0 Å². The van der Waals surface area contributed by atoms with Gasteiger partial charge in [-0.15, -0.1) is 22.7 Å². The van der Waals surface area contributed by atoms with Crippen LogP contribution in [0.15, 0.2) is 157 Å². The second-order valence-electron chi connectivity index (χ2n) is 42.0. The molecule has 0 fully saturated rings. The number of hydrogen-bond acceptors (Lipinski definition) is 24. The minimum Gasteiger partial charge on any atom is -0.449 e. The van der Waals surface area contributed by atoms with Crippen LogP contribution < -0.4 is 21.3 Å². The number of aliphatic hydroxyl groups excluding tert-OH is 8. The highest BCUT2D eigenvalue weighted by Crippen LogP contribution is 2.39. The van der Waals surface area contributed by atoms with Crippen LogP contribution in [-0.4, -0.2) is 175 Å². The van der Waals surface area contributed by atoms with Crippen molar-refractivity contribution in [2.24, 2.45) is 80.8 Å². The second-order valence-corrected chi connectivity index (χ2v) is 44.3. The van der Waals surface area contributed by atoms with Crippen LogP contribution in [0, 0.1) is 109 Å². The van der Waals surface area contributed by atoms with Crippen LogP contribution in [0.4, 0.5) is 0 Å². The maximum Gasteiger partial charge on any atom is 0.223 e. The van der Waals surface area contributed by atoms with Crippen molar-refractivity contribution >= 4 is 97.9 Å². The first-order chi connectivity index (χ1) is 64.7. The summed E-state index contributed by atoms with van der Waals surface area (Å²) in [6.07, 6.45) is 28.0. The zero-order valence-electron chi connectivity index (χ0n) is 87.7. The lowest BCUT2D eigenvalue weighted by atomic mass is 9.73. The summed E-state index contributed by atoms with van der Waals surface area (Å²) in [6.45, 7) is 52.9. The predicted octanol–water partition coefficient (Wildman–Crippen LogP) is 18.4. The number of carbonyl (C=O) groups excluding carboxylic acids is 8. The van der Waals surface area contributed by atoms with Crippen LogP contribution in [-0.2, 0) is 38.4 Å². The standard InChI is InChI=1S/C28H42N2O5.C28H38N2O4S.C28H42N2O4S.C27H40N2O5/c1-16-10-9-11-17(2)26(33)20(5)27(34)28(7,8)23(31)14-24(32)30-25(18(3)12-16)19(4)13-22-15-35-21(6)29-22;1-16-8-7-9-17(2)26(33)18(3)27(34)28(5,6)24(31)15-25(32)30-21(12-10-16)20-11-13-23-22(14-20)29-19(4)35-23;1-16-10-9-11-17(2)26(33)20(5)27(34)28(7,8)23(31)14-24(32)30-25(18(3)12-16)19(4)13-22-15-35-21(6)29-22;1-16-9-8-10-17(2)25(32)19(4)26(33)27(6,7)23(30)14-24(31)29-22(12-11-16)18(3)13-21-15-34-20(5)28-21/h9-10,12-13,15,17-18,20,23,25-26,31,33H,11,14H2,1-8H3,(H,30,32);7-8,10-11,13-14,17-18,21,24,26,31,33H,9,12,15H2,1-6H3,(H,30,32);9-10,12-13,15,17-18,20,23,25-26,31,33H,11,14H2,1-8H3,(H,30,32);8-9,11,13,15,17,19,22-23,25,30,32H,10,12,14H2,1-7H3,(H,29,31)/b10-9+,16-12-,19-13+;8-7+,16-10-;10-9+,16-12-,19-13+;9-8+,16-11-,18-13+/t17-,18-,20+,23-,25-,26-;17-,18+,21-,24-,26-;17-,18-,20+,23-,25-,26-;17-,19+,22-,23-,25-/m0000/s1. The first-order valence-corrected chi connectivity index (χ1v) is 50.7. The van der Waals surface area contributed by atoms with E-state index in [1.807, 2.05) is 200 Å². The maximum atomic E-state index is 13.2. The normalized spacial score (nSPS) is 33.1. The number of Topliss-reactive ketones (excluding diaryl/α,β-unsaturated/α-hetero) is 4. The Morgan fingerprint density at radius 3 is 1.07 bits per heavy atom. The molecule has 0 unspecified atom stereocenters. The van der Waals surface area contributed by atoms with Crippen molar-refractivity contribution in [1.29, 1.82) is 0 Å². The average Bonchev–Trinajstić information content (AvgIpc) is 1.80. The van der Waals surface area contributed by atoms with Gasteiger partial charge in [0.2, 0.25) is 23.6 Å². The molecule has 12 N–H and O–H groups in total. The van der Waals surface area contributed by atoms with Gasteiger partial charge in [0.05, 0.1) is 146 Å². The smallest absolute Gasteiger partial charge is 0.223 e. The maximum absolute atomic E-state index is 13.2. The van der Waals surface area contributed by atoms with E-state index in [0.29, 0.717) is 61.7 Å². The van der Waals surface area contributed by atoms with E-state index in [2.05, 4.69) is 59.4 Å². The Hall–Kier alpha value is -9.46. The summed E-state index contributed by atoms with van der Waals surface area (Å²) < 4.78 is 11.7. The largest absolute Gasteiger partial charge is 0.449 e. The van der Waals surface area contributed by atoms with Crippen molar-refractivity contribution in [2.75, 3.05) is 0 Å². The van der Waals surface area contributed by atoms with Gasteiger partial charge in [-0.2, -0.15) is 0 Å². The Kier molecular flexibility index (Phi) is 45.1. The van der Waals surface area contributed by atoms with Gasteiger partial charge in [-0.1, -0.05) is 226 Å². The molecule has 0 radical (unpaired) electrons. The molecule has 766 valence electrons. The number of aromatic nitrogens is 4. The molecular weight excluding hydrogens is 1800 g/mol. The number of aryl methyl sites for hydroxylation is 4. The Bertz CT molecular complexity index is 5210. The van der Waals surface area contributed by atoms with Crippen LogP contribution >= 0.6 is 22.7 Å². The van der Waals surface area contributed by atoms with Gasteiger partial charge in [-0.05, 0) is 189 Å². The van der Waals surface area contributed by atoms with Crippen LogP contribution in [0.5, 0.6) is 0 Å². The van der Waals surface area contributed by atoms with Crippen LogP contribution in [0.3, 0.4) is 0 Å². The zero-order chi connectivity index (χ0) is 105. The van der Waals surface area contributed by atoms with Gasteiger partial charge in [0.15, 0.2) is 11.8 Å². The molecule has 4 aliphatic rings. The molecular formula is C111H162N8O18S2. The number of carbonyl (C=O) groups is 8. The lowest BCUT2D eigenvalue weighted by molar-refractivity contribution is -0.144. The monoisotopic (exact) mass is 1960 g/mol. The SMILES string of the molecule is CC1=C/C[C@@H](/C(C)=C/c2coc(C)n2)NC(=O)C[C@H](O)C(C)(C)C(=O)[C@H](C)[C@@H](O)[C@@H](C)C\C=C\1.CC1=C/C[C@@H](c2ccc3sc(C)nc3c2)NC(=O)C[C@H](O)C(C)(C)C(=O)[C@H](C)[C@@H](O)[C@@H](C)C\C=C\1.CC1=C/[C@H](C)[C@@H](/C(C)=C/c2coc(C)n2)NC(=O)C[C@H](O)C(C)(C)C(=O)[C@H](C)[C@@H](O)[C@@H](C)C\C=C\1.CC1=C/[C@H](C)[C@@H](/C(C)=C/c2csc(C)n2)NC(=O)C[C@H](O)C(C)(C)C(=O)[C@H](C)[C@@H](O)[C@@H](C)C\C=C\1. The minimum absolute atomic E-state index is 0.0256. The highest BCUT2D eigenvalue weighted by Gasteiger charge is 2.47. The zero-order valence-corrected chi connectivity index (χ0v) is 89.3. The molecule has 0 aliphatic carbocycles. The molecule has 28 heteroatoms. The van der Waals surface area contributed by atoms with Crippen molar-refractivity contribution in [3.63, 3.8) is 0 Å². The second kappa shape index (κ2) is 53.0. The topological polar surface area (TPSA) is 424 Å². The van der Waals surface area contributed by atoms with Gasteiger partial charge in [0.1, 0.15) is 47.0 Å². The molecule has 4 aromatic heterocycles. The van der Waals surface area contributed by atoms with Gasteiger partial charge >= 0.3 is 0 Å². The lowest BCUT2D eigenvalue weighted by Crippen LogP contribution is -2.47. The van der Waals surface area contributed by atoms with Gasteiger partial charge < -0.3 is 71.0 Å². The molecule has 4 aliphatic heterocycles. The number of amides is 4. The summed E-state index contributed by atoms with van der Waals surface area (Å²) in [5.41, 5.74) is 6.23. The number of oxazole rings is 2. The number of nitrogens with zero attached hydrogens (tertiary/aromatic N) is 4. The molecule has 9 rings (SSSR count). The summed E-state index contributed by atoms with van der Waals surface area (Å²) >= 11 is 3.21. The number of allylic oxidation sites excluding steroid dienone is 12. The van der Waals surface area contributed by atoms with Gasteiger partial charge in [0.25, 0.3) is 0 Å². The summed E-state index contributed by atoms with van der Waals surface area (Å²) in [4.78, 5) is 123. The molecule has 8 heterocycles. The molecule has 26 nitrogen and oxygen atoms in total. The Morgan fingerprint density at radius 1 is 0.396 bits per heavy atom. The Labute approximate surface area is 833 Å². The first-order valence-electron chi connectivity index (χ1n) is 49.0. The van der Waals surface area contributed by atoms with E-state index in [0.717, 1.165) is 70.5 Å². The summed E-state index contributed by atoms with van der Waals surface area (Å²) in [6, 6.07) is 4.80. The highest BCUT2D eigenvalue weighted by atomic mass is 32.1. The molecule has 0 spiro atoms. The quantitative estimate of drug-likeness (QED) is 0.0720. The summed E-state index contributed by atoms with van der Waals surface area (Å²) in [7, 11) is 0. The van der Waals surface area contributed by atoms with E-state index in [1.165, 1.54) is 0 Å². The van der Waals surface area contributed by atoms with Crippen molar-refractivity contribution in [1.82, 2.24) is 41.2 Å². The van der Waals surface area contributed by atoms with Gasteiger partial charge in [-0.3, -0.25) is 38.4 Å². The molecule has 0 saturated carbocycles. The lowest BCUT2D eigenvalue weighted by Gasteiger charge is -2.34. The average molecular weight is 1960 g/mol. The van der Waals surface area contributed by atoms with E-state index >= 15 is 0 Å². The molecule has 0 bridgehead atoms. The first kappa shape index (κ1) is 118. The fraction of sp³-hybridized carbons (Fsp3) is 0.586. The van der Waals surface area contributed by atoms with E-state index in [4.69, 9.17) is 8.83 Å². The van der Waals surface area contributed by atoms with Crippen molar-refractivity contribution in [3.05, 3.63) is 192 Å². The van der Waals surface area contributed by atoms with Gasteiger partial charge in [0, 0.05) is 42.9 Å². The third-order valence-corrected chi connectivity index (χ3v) is 30.0. The molecule has 1 aromatic carbocycles. The molecule has 22 atom stereocenters. The third-order valence-electron chi connectivity index (χ3n) is 28.2. The van der Waals surface area contributed by atoms with Gasteiger partial charge in [-0.25, -0.2) is 19.9 Å². The Morgan fingerprint density at radius 2 is 0.727 bits per heavy atom. The summed E-state index contributed by atoms with van der Waals surface area (Å²) in [5, 5.41) is 103. The predicted molar refractivity (Wildman–Crippen MR) is 554 cm³/mol. The number of ketones is 4. The molecule has 0 saturated heterocycles. The minimum atomic E-state index is -1.19. The summed E-state index contributed by atoms with van der Waals surface area (Å²) in [5.74, 6) is -4.48.